The van der Waals surface area contributed by atoms with Crippen molar-refractivity contribution in [3.05, 3.63) is 29.6 Å². The third-order valence-electron chi connectivity index (χ3n) is 2.57. The Hall–Kier alpha value is -1.90. The number of nitrogens with zero attached hydrogens (tertiary/aromatic N) is 2. The lowest BCUT2D eigenvalue weighted by Gasteiger charge is -2.18. The normalized spacial score (nSPS) is 13.7. The minimum Gasteiger partial charge on any atom is -0.298 e. The highest BCUT2D eigenvalue weighted by Gasteiger charge is 2.32. The molecule has 20 heavy (non-hydrogen) atoms. The molecule has 0 saturated heterocycles. The number of alkyl halides is 3. The van der Waals surface area contributed by atoms with Crippen LogP contribution < -0.4 is 0 Å². The van der Waals surface area contributed by atoms with Gasteiger partial charge >= 0.3 is 6.18 Å². The first-order chi connectivity index (χ1) is 9.04. The van der Waals surface area contributed by atoms with Crippen LogP contribution in [0.4, 0.5) is 13.2 Å². The number of hydrogen-bond donors (Lipinski definition) is 0. The first-order valence-electron chi connectivity index (χ1n) is 6.00. The lowest BCUT2D eigenvalue weighted by molar-refractivity contribution is -0.137. The Morgan fingerprint density at radius 1 is 1.35 bits per heavy atom. The van der Waals surface area contributed by atoms with E-state index in [1.54, 1.807) is 6.07 Å². The average Bonchev–Trinajstić information content (AvgIpc) is 2.27. The second-order valence-corrected chi connectivity index (χ2v) is 5.74. The number of aromatic nitrogens is 1. The van der Waals surface area contributed by atoms with Gasteiger partial charge in [-0.25, -0.2) is 0 Å². The number of rotatable bonds is 3. The molecule has 0 spiro atoms. The molecule has 0 aliphatic rings. The van der Waals surface area contributed by atoms with Crippen LogP contribution in [0.25, 0.3) is 0 Å². The molecule has 108 valence electrons. The summed E-state index contributed by atoms with van der Waals surface area (Å²) in [6, 6.07) is 3.72. The number of hydrogen-bond acceptors (Lipinski definition) is 3. The standard InChI is InChI=1S/C14H15F3N2O/c1-13(2,3)6-12(20)10(7-18)11-5-4-9(8-19-11)14(15,16)17/h4-5,8,10H,6H2,1-3H3. The fraction of sp³-hybridized carbons (Fsp3) is 0.500. The van der Waals surface area contributed by atoms with Crippen molar-refractivity contribution in [2.75, 3.05) is 0 Å². The van der Waals surface area contributed by atoms with E-state index in [0.717, 1.165) is 12.1 Å². The molecule has 0 N–H and O–H groups in total. The molecule has 0 amide bonds. The molecule has 0 aliphatic heterocycles. The van der Waals surface area contributed by atoms with Crippen molar-refractivity contribution in [3.63, 3.8) is 0 Å². The van der Waals surface area contributed by atoms with E-state index in [9.17, 15) is 18.0 Å². The Morgan fingerprint density at radius 2 is 1.95 bits per heavy atom. The molecule has 1 unspecified atom stereocenters. The number of halogens is 3. The molecule has 1 heterocycles. The fourth-order valence-electron chi connectivity index (χ4n) is 1.67. The lowest BCUT2D eigenvalue weighted by Crippen LogP contribution is -2.19. The van der Waals surface area contributed by atoms with E-state index in [1.807, 2.05) is 20.8 Å². The van der Waals surface area contributed by atoms with Gasteiger partial charge in [-0.1, -0.05) is 20.8 Å². The maximum absolute atomic E-state index is 12.4. The Bertz CT molecular complexity index is 521. The number of nitriles is 1. The molecule has 1 aromatic heterocycles. The minimum absolute atomic E-state index is 0.0507. The van der Waals surface area contributed by atoms with Gasteiger partial charge in [-0.05, 0) is 17.5 Å². The van der Waals surface area contributed by atoms with E-state index in [4.69, 9.17) is 5.26 Å². The molecule has 0 radical (unpaired) electrons. The summed E-state index contributed by atoms with van der Waals surface area (Å²) < 4.78 is 37.2. The molecule has 0 aromatic carbocycles. The molecule has 0 fully saturated rings. The molecule has 3 nitrogen and oxygen atoms in total. The van der Waals surface area contributed by atoms with Crippen molar-refractivity contribution in [2.24, 2.45) is 5.41 Å². The Kier molecular flexibility index (Phi) is 4.53. The van der Waals surface area contributed by atoms with Gasteiger partial charge in [0.2, 0.25) is 0 Å². The van der Waals surface area contributed by atoms with E-state index in [-0.39, 0.29) is 23.3 Å². The van der Waals surface area contributed by atoms with Gasteiger partial charge in [-0.3, -0.25) is 9.78 Å². The largest absolute Gasteiger partial charge is 0.417 e. The van der Waals surface area contributed by atoms with Gasteiger partial charge in [0.25, 0.3) is 0 Å². The number of Topliss-reactive ketones (excluding diaryl/α,β-unsaturated/α-hetero) is 1. The van der Waals surface area contributed by atoms with Crippen LogP contribution >= 0.6 is 0 Å². The summed E-state index contributed by atoms with van der Waals surface area (Å²) in [4.78, 5) is 15.6. The summed E-state index contributed by atoms with van der Waals surface area (Å²) in [6.45, 7) is 5.54. The van der Waals surface area contributed by atoms with Crippen LogP contribution in [0.3, 0.4) is 0 Å². The molecule has 0 bridgehead atoms. The van der Waals surface area contributed by atoms with Gasteiger partial charge in [0.05, 0.1) is 17.3 Å². The van der Waals surface area contributed by atoms with Crippen molar-refractivity contribution in [3.8, 4) is 6.07 Å². The van der Waals surface area contributed by atoms with Crippen LogP contribution in [0.1, 0.15) is 44.4 Å². The van der Waals surface area contributed by atoms with Crippen molar-refractivity contribution in [1.29, 1.82) is 5.26 Å². The zero-order valence-electron chi connectivity index (χ0n) is 11.5. The fourth-order valence-corrected chi connectivity index (χ4v) is 1.67. The predicted molar refractivity (Wildman–Crippen MR) is 66.7 cm³/mol. The van der Waals surface area contributed by atoms with E-state index in [1.165, 1.54) is 0 Å². The number of carbonyl (C=O) groups is 1. The summed E-state index contributed by atoms with van der Waals surface area (Å²) in [6.07, 6.45) is -3.68. The SMILES string of the molecule is CC(C)(C)CC(=O)C(C#N)c1ccc(C(F)(F)F)cn1. The Morgan fingerprint density at radius 3 is 2.30 bits per heavy atom. The van der Waals surface area contributed by atoms with Gasteiger partial charge in [-0.2, -0.15) is 18.4 Å². The van der Waals surface area contributed by atoms with Crippen molar-refractivity contribution >= 4 is 5.78 Å². The van der Waals surface area contributed by atoms with Crippen molar-refractivity contribution in [1.82, 2.24) is 4.98 Å². The summed E-state index contributed by atoms with van der Waals surface area (Å²) in [5.41, 5.74) is -1.14. The van der Waals surface area contributed by atoms with Gasteiger partial charge in [0, 0.05) is 12.6 Å². The maximum Gasteiger partial charge on any atom is 0.417 e. The first-order valence-corrected chi connectivity index (χ1v) is 6.00. The zero-order chi connectivity index (χ0) is 15.6. The Labute approximate surface area is 115 Å². The second kappa shape index (κ2) is 5.61. The highest BCUT2D eigenvalue weighted by atomic mass is 19.4. The maximum atomic E-state index is 12.4. The summed E-state index contributed by atoms with van der Waals surface area (Å²) in [7, 11) is 0. The van der Waals surface area contributed by atoms with E-state index in [2.05, 4.69) is 4.98 Å². The molecule has 1 aromatic rings. The summed E-state index contributed by atoms with van der Waals surface area (Å²) >= 11 is 0. The van der Waals surface area contributed by atoms with Crippen LogP contribution in [0.15, 0.2) is 18.3 Å². The minimum atomic E-state index is -4.48. The molecule has 6 heteroatoms. The molecule has 1 rings (SSSR count). The van der Waals surface area contributed by atoms with Crippen molar-refractivity contribution in [2.45, 2.75) is 39.3 Å². The molecule has 0 saturated carbocycles. The molecule has 0 aliphatic carbocycles. The Balaban J connectivity index is 2.98. The number of carbonyl (C=O) groups excluding carboxylic acids is 1. The summed E-state index contributed by atoms with van der Waals surface area (Å²) in [5.74, 6) is -1.47. The van der Waals surface area contributed by atoms with Crippen LogP contribution in [0.2, 0.25) is 0 Å². The highest BCUT2D eigenvalue weighted by molar-refractivity contribution is 5.88. The lowest BCUT2D eigenvalue weighted by atomic mass is 9.85. The van der Waals surface area contributed by atoms with Crippen molar-refractivity contribution < 1.29 is 18.0 Å². The van der Waals surface area contributed by atoms with Gasteiger partial charge in [-0.15, -0.1) is 0 Å². The number of pyridine rings is 1. The smallest absolute Gasteiger partial charge is 0.298 e. The molecular formula is C14H15F3N2O. The van der Waals surface area contributed by atoms with Crippen LogP contribution in [-0.4, -0.2) is 10.8 Å². The third kappa shape index (κ3) is 4.34. The third-order valence-corrected chi connectivity index (χ3v) is 2.57. The van der Waals surface area contributed by atoms with E-state index >= 15 is 0 Å². The predicted octanol–water partition coefficient (Wildman–Crippen LogP) is 3.71. The monoisotopic (exact) mass is 284 g/mol. The molecular weight excluding hydrogens is 269 g/mol. The van der Waals surface area contributed by atoms with Crippen LogP contribution in [0, 0.1) is 16.7 Å². The summed E-state index contributed by atoms with van der Waals surface area (Å²) in [5, 5.41) is 9.04. The van der Waals surface area contributed by atoms with Crippen LogP contribution in [-0.2, 0) is 11.0 Å². The van der Waals surface area contributed by atoms with Crippen LogP contribution in [0.5, 0.6) is 0 Å². The van der Waals surface area contributed by atoms with Gasteiger partial charge < -0.3 is 0 Å². The number of ketones is 1. The van der Waals surface area contributed by atoms with E-state index in [0.29, 0.717) is 6.20 Å². The first kappa shape index (κ1) is 16.2. The van der Waals surface area contributed by atoms with Gasteiger partial charge in [0.1, 0.15) is 5.92 Å². The average molecular weight is 284 g/mol. The van der Waals surface area contributed by atoms with Gasteiger partial charge in [0.15, 0.2) is 5.78 Å². The topological polar surface area (TPSA) is 53.8 Å². The quantitative estimate of drug-likeness (QED) is 0.850. The van der Waals surface area contributed by atoms with E-state index < -0.39 is 17.7 Å². The molecule has 1 atom stereocenters. The second-order valence-electron chi connectivity index (χ2n) is 5.74. The highest BCUT2D eigenvalue weighted by Crippen LogP contribution is 2.30. The zero-order valence-corrected chi connectivity index (χ0v) is 11.5.